The first-order chi connectivity index (χ1) is 6.90. The molecule has 1 aliphatic heterocycles. The first-order valence-electron chi connectivity index (χ1n) is 4.54. The van der Waals surface area contributed by atoms with Crippen LogP contribution in [0.5, 0.6) is 0 Å². The highest BCUT2D eigenvalue weighted by atomic mass is 35.5. The Morgan fingerprint density at radius 1 is 1.29 bits per heavy atom. The maximum atomic E-state index is 5.59. The van der Waals surface area contributed by atoms with Crippen molar-refractivity contribution in [3.05, 3.63) is 47.8 Å². The van der Waals surface area contributed by atoms with Crippen molar-refractivity contribution in [3.63, 3.8) is 0 Å². The van der Waals surface area contributed by atoms with Crippen LogP contribution in [0, 0.1) is 0 Å². The van der Waals surface area contributed by atoms with E-state index in [1.165, 1.54) is 0 Å². The van der Waals surface area contributed by atoms with E-state index >= 15 is 0 Å². The summed E-state index contributed by atoms with van der Waals surface area (Å²) in [5, 5.41) is 0. The van der Waals surface area contributed by atoms with Crippen molar-refractivity contribution in [3.8, 4) is 0 Å². The van der Waals surface area contributed by atoms with Crippen molar-refractivity contribution < 1.29 is 9.47 Å². The van der Waals surface area contributed by atoms with Gasteiger partial charge in [0.1, 0.15) is 12.5 Å². The van der Waals surface area contributed by atoms with Crippen LogP contribution in [0.4, 0.5) is 0 Å². The normalized spacial score (nSPS) is 20.2. The lowest BCUT2D eigenvalue weighted by molar-refractivity contribution is 0.236. The summed E-state index contributed by atoms with van der Waals surface area (Å²) in [6.45, 7) is 0. The second kappa shape index (κ2) is 4.38. The quantitative estimate of drug-likeness (QED) is 0.652. The Morgan fingerprint density at radius 3 is 2.79 bits per heavy atom. The number of halogens is 1. The minimum Gasteiger partial charge on any atom is -0.461 e. The smallest absolute Gasteiger partial charge is 0.164 e. The summed E-state index contributed by atoms with van der Waals surface area (Å²) in [5.74, 6) is 1.76. The highest BCUT2D eigenvalue weighted by molar-refractivity contribution is 6.19. The summed E-state index contributed by atoms with van der Waals surface area (Å²) in [4.78, 5) is 0. The van der Waals surface area contributed by atoms with E-state index < -0.39 is 0 Å². The highest BCUT2D eigenvalue weighted by Crippen LogP contribution is 2.25. The van der Waals surface area contributed by atoms with Crippen LogP contribution in [0.15, 0.2) is 47.8 Å². The molecule has 0 saturated carbocycles. The number of allylic oxidation sites excluding steroid dienone is 5. The maximum Gasteiger partial charge on any atom is 0.164 e. The van der Waals surface area contributed by atoms with Gasteiger partial charge in [0.25, 0.3) is 0 Å². The molecule has 0 aromatic carbocycles. The van der Waals surface area contributed by atoms with Gasteiger partial charge in [-0.1, -0.05) is 18.2 Å². The first kappa shape index (κ1) is 9.41. The van der Waals surface area contributed by atoms with E-state index in [2.05, 4.69) is 6.08 Å². The number of alkyl halides is 1. The highest BCUT2D eigenvalue weighted by Gasteiger charge is 2.12. The van der Waals surface area contributed by atoms with Gasteiger partial charge < -0.3 is 9.47 Å². The minimum atomic E-state index is 0.336. The third-order valence-corrected chi connectivity index (χ3v) is 2.36. The van der Waals surface area contributed by atoms with Crippen molar-refractivity contribution in [2.75, 3.05) is 5.88 Å². The molecule has 0 unspecified atom stereocenters. The lowest BCUT2D eigenvalue weighted by atomic mass is 10.0. The Morgan fingerprint density at radius 2 is 2.21 bits per heavy atom. The fourth-order valence-corrected chi connectivity index (χ4v) is 1.46. The van der Waals surface area contributed by atoms with E-state index in [-0.39, 0.29) is 0 Å². The van der Waals surface area contributed by atoms with Crippen LogP contribution in [-0.2, 0) is 9.47 Å². The topological polar surface area (TPSA) is 18.5 Å². The van der Waals surface area contributed by atoms with E-state index in [1.807, 2.05) is 12.2 Å². The molecule has 74 valence electrons. The summed E-state index contributed by atoms with van der Waals surface area (Å²) >= 11 is 5.59. The standard InChI is InChI=1S/C11H11ClO2/c12-6-10-7-14-11(8-13-10)9-4-2-1-3-5-9/h1-2,4,7-8H,3,5-6H2. The van der Waals surface area contributed by atoms with E-state index in [1.54, 1.807) is 12.5 Å². The molecular weight excluding hydrogens is 200 g/mol. The lowest BCUT2D eigenvalue weighted by Gasteiger charge is -2.16. The van der Waals surface area contributed by atoms with Crippen LogP contribution in [0.2, 0.25) is 0 Å². The molecule has 2 aliphatic rings. The van der Waals surface area contributed by atoms with Crippen LogP contribution in [0.3, 0.4) is 0 Å². The zero-order valence-corrected chi connectivity index (χ0v) is 8.46. The lowest BCUT2D eigenvalue weighted by Crippen LogP contribution is -2.02. The van der Waals surface area contributed by atoms with Crippen molar-refractivity contribution in [1.29, 1.82) is 0 Å². The molecule has 0 atom stereocenters. The van der Waals surface area contributed by atoms with Crippen molar-refractivity contribution in [1.82, 2.24) is 0 Å². The summed E-state index contributed by atoms with van der Waals surface area (Å²) in [7, 11) is 0. The second-order valence-corrected chi connectivity index (χ2v) is 3.36. The van der Waals surface area contributed by atoms with Gasteiger partial charge in [-0.15, -0.1) is 11.6 Å². The van der Waals surface area contributed by atoms with Gasteiger partial charge in [0.05, 0.1) is 5.88 Å². The summed E-state index contributed by atoms with van der Waals surface area (Å²) in [6, 6.07) is 0. The molecule has 1 heterocycles. The Hall–Kier alpha value is -1.15. The third kappa shape index (κ3) is 2.02. The monoisotopic (exact) mass is 210 g/mol. The third-order valence-electron chi connectivity index (χ3n) is 2.10. The summed E-state index contributed by atoms with van der Waals surface area (Å²) in [5.41, 5.74) is 1.16. The Balaban J connectivity index is 2.04. The molecular formula is C11H11ClO2. The van der Waals surface area contributed by atoms with Crippen LogP contribution in [-0.4, -0.2) is 5.88 Å². The number of hydrogen-bond acceptors (Lipinski definition) is 2. The molecule has 0 aromatic rings. The molecule has 0 aromatic heterocycles. The van der Waals surface area contributed by atoms with Crippen LogP contribution >= 0.6 is 11.6 Å². The SMILES string of the molecule is ClCC1=COC(C2=CC=CCC2)=CO1. The molecule has 0 spiro atoms. The number of ether oxygens (including phenoxy) is 2. The predicted octanol–water partition coefficient (Wildman–Crippen LogP) is 3.23. The van der Waals surface area contributed by atoms with E-state index in [0.717, 1.165) is 24.2 Å². The first-order valence-corrected chi connectivity index (χ1v) is 5.08. The zero-order valence-electron chi connectivity index (χ0n) is 7.70. The van der Waals surface area contributed by atoms with Gasteiger partial charge in [0.15, 0.2) is 11.5 Å². The van der Waals surface area contributed by atoms with Gasteiger partial charge in [-0.2, -0.15) is 0 Å². The molecule has 0 saturated heterocycles. The van der Waals surface area contributed by atoms with Gasteiger partial charge in [-0.25, -0.2) is 0 Å². The zero-order chi connectivity index (χ0) is 9.80. The summed E-state index contributed by atoms with van der Waals surface area (Å²) in [6.07, 6.45) is 11.4. The molecule has 0 bridgehead atoms. The largest absolute Gasteiger partial charge is 0.461 e. The van der Waals surface area contributed by atoms with Crippen LogP contribution in [0.25, 0.3) is 0 Å². The fraction of sp³-hybridized carbons (Fsp3) is 0.273. The molecule has 0 amide bonds. The van der Waals surface area contributed by atoms with Crippen molar-refractivity contribution >= 4 is 11.6 Å². The fourth-order valence-electron chi connectivity index (χ4n) is 1.34. The maximum absolute atomic E-state index is 5.59. The van der Waals surface area contributed by atoms with Crippen molar-refractivity contribution in [2.45, 2.75) is 12.8 Å². The van der Waals surface area contributed by atoms with Gasteiger partial charge >= 0.3 is 0 Å². The summed E-state index contributed by atoms with van der Waals surface area (Å²) < 4.78 is 10.7. The van der Waals surface area contributed by atoms with Gasteiger partial charge in [0.2, 0.25) is 0 Å². The average Bonchev–Trinajstić information content (AvgIpc) is 2.30. The average molecular weight is 211 g/mol. The van der Waals surface area contributed by atoms with E-state index in [4.69, 9.17) is 21.1 Å². The van der Waals surface area contributed by atoms with E-state index in [0.29, 0.717) is 11.6 Å². The molecule has 3 heteroatoms. The van der Waals surface area contributed by atoms with Crippen molar-refractivity contribution in [2.24, 2.45) is 0 Å². The Bertz CT molecular complexity index is 337. The van der Waals surface area contributed by atoms with E-state index in [9.17, 15) is 0 Å². The number of rotatable bonds is 2. The minimum absolute atomic E-state index is 0.336. The van der Waals surface area contributed by atoms with Crippen LogP contribution < -0.4 is 0 Å². The molecule has 1 aliphatic carbocycles. The molecule has 2 nitrogen and oxygen atoms in total. The molecule has 0 radical (unpaired) electrons. The second-order valence-electron chi connectivity index (χ2n) is 3.09. The van der Waals surface area contributed by atoms with Gasteiger partial charge in [0, 0.05) is 0 Å². The van der Waals surface area contributed by atoms with Gasteiger partial charge in [-0.05, 0) is 18.4 Å². The molecule has 0 fully saturated rings. The van der Waals surface area contributed by atoms with Crippen LogP contribution in [0.1, 0.15) is 12.8 Å². The predicted molar refractivity (Wildman–Crippen MR) is 55.5 cm³/mol. The molecule has 14 heavy (non-hydrogen) atoms. The Labute approximate surface area is 88.1 Å². The Kier molecular flexibility index (Phi) is 2.94. The van der Waals surface area contributed by atoms with Gasteiger partial charge in [-0.3, -0.25) is 0 Å². The molecule has 2 rings (SSSR count). The molecule has 0 N–H and O–H groups in total. The number of hydrogen-bond donors (Lipinski definition) is 0.